The largest absolute Gasteiger partial charge is 0.334 e. The van der Waals surface area contributed by atoms with E-state index in [1.807, 2.05) is 18.2 Å². The summed E-state index contributed by atoms with van der Waals surface area (Å²) in [5.74, 6) is 0.873. The molecule has 5 heteroatoms. The molecule has 2 aromatic rings. The Morgan fingerprint density at radius 1 is 1.40 bits per heavy atom. The van der Waals surface area contributed by atoms with Gasteiger partial charge in [-0.1, -0.05) is 28.9 Å². The number of hydrogen-bond donors (Lipinski definition) is 1. The molecule has 1 heterocycles. The van der Waals surface area contributed by atoms with Gasteiger partial charge in [0.1, 0.15) is 0 Å². The molecule has 15 heavy (non-hydrogen) atoms. The highest BCUT2D eigenvalue weighted by Crippen LogP contribution is 2.26. The van der Waals surface area contributed by atoms with E-state index in [2.05, 4.69) is 10.1 Å². The number of nitrogens with two attached hydrogens (primary N) is 1. The lowest BCUT2D eigenvalue weighted by Gasteiger charge is -1.96. The van der Waals surface area contributed by atoms with Gasteiger partial charge in [0.15, 0.2) is 5.82 Å². The molecule has 0 aliphatic carbocycles. The van der Waals surface area contributed by atoms with Crippen LogP contribution in [-0.2, 0) is 0 Å². The van der Waals surface area contributed by atoms with E-state index in [9.17, 15) is 0 Å². The molecule has 0 aliphatic heterocycles. The van der Waals surface area contributed by atoms with Crippen LogP contribution in [0.1, 0.15) is 18.8 Å². The van der Waals surface area contributed by atoms with Gasteiger partial charge in [-0.05, 0) is 19.1 Å². The summed E-state index contributed by atoms with van der Waals surface area (Å²) in [7, 11) is 0. The highest BCUT2D eigenvalue weighted by molar-refractivity contribution is 6.33. The van der Waals surface area contributed by atoms with Crippen molar-refractivity contribution in [1.29, 1.82) is 0 Å². The number of rotatable bonds is 2. The first-order valence-electron chi connectivity index (χ1n) is 4.52. The van der Waals surface area contributed by atoms with Gasteiger partial charge in [0, 0.05) is 0 Å². The summed E-state index contributed by atoms with van der Waals surface area (Å²) in [6.07, 6.45) is 0. The Morgan fingerprint density at radius 3 is 2.73 bits per heavy atom. The fraction of sp³-hybridized carbons (Fsp3) is 0.200. The van der Waals surface area contributed by atoms with E-state index in [1.165, 1.54) is 0 Å². The van der Waals surface area contributed by atoms with Crippen LogP contribution in [0.15, 0.2) is 28.8 Å². The molecule has 0 aliphatic rings. The molecule has 0 spiro atoms. The Bertz CT molecular complexity index is 467. The topological polar surface area (TPSA) is 64.9 Å². The Morgan fingerprint density at radius 2 is 2.13 bits per heavy atom. The van der Waals surface area contributed by atoms with Crippen molar-refractivity contribution in [2.45, 2.75) is 13.0 Å². The highest BCUT2D eigenvalue weighted by atomic mass is 35.5. The minimum Gasteiger partial charge on any atom is -0.334 e. The lowest BCUT2D eigenvalue weighted by molar-refractivity contribution is 0.418. The summed E-state index contributed by atoms with van der Waals surface area (Å²) in [5.41, 5.74) is 6.35. The van der Waals surface area contributed by atoms with Crippen molar-refractivity contribution in [3.8, 4) is 11.5 Å². The molecule has 0 radical (unpaired) electrons. The van der Waals surface area contributed by atoms with Gasteiger partial charge < -0.3 is 10.3 Å². The van der Waals surface area contributed by atoms with Gasteiger partial charge in [-0.15, -0.1) is 0 Å². The van der Waals surface area contributed by atoms with E-state index in [0.717, 1.165) is 5.56 Å². The summed E-state index contributed by atoms with van der Waals surface area (Å²) in [6, 6.07) is 7.05. The van der Waals surface area contributed by atoms with Crippen LogP contribution >= 0.6 is 11.6 Å². The molecule has 0 saturated heterocycles. The zero-order valence-electron chi connectivity index (χ0n) is 8.14. The van der Waals surface area contributed by atoms with Crippen LogP contribution in [0.3, 0.4) is 0 Å². The number of nitrogens with zero attached hydrogens (tertiary/aromatic N) is 2. The summed E-state index contributed by atoms with van der Waals surface area (Å²) >= 11 is 5.99. The molecule has 1 aromatic heterocycles. The lowest BCUT2D eigenvalue weighted by Crippen LogP contribution is -2.06. The summed E-state index contributed by atoms with van der Waals surface area (Å²) < 4.78 is 5.07. The second kappa shape index (κ2) is 4.00. The van der Waals surface area contributed by atoms with Gasteiger partial charge in [0.2, 0.25) is 0 Å². The minimum absolute atomic E-state index is 0.245. The van der Waals surface area contributed by atoms with E-state index in [1.54, 1.807) is 13.0 Å². The molecule has 1 atom stereocenters. The van der Waals surface area contributed by atoms with Gasteiger partial charge >= 0.3 is 0 Å². The van der Waals surface area contributed by atoms with Crippen molar-refractivity contribution in [3.05, 3.63) is 35.1 Å². The zero-order valence-corrected chi connectivity index (χ0v) is 8.90. The molecular weight excluding hydrogens is 214 g/mol. The van der Waals surface area contributed by atoms with Gasteiger partial charge in [-0.2, -0.15) is 4.98 Å². The smallest absolute Gasteiger partial charge is 0.259 e. The molecule has 0 amide bonds. The predicted octanol–water partition coefficient (Wildman–Crippen LogP) is 2.41. The van der Waals surface area contributed by atoms with Crippen LogP contribution in [-0.4, -0.2) is 10.1 Å². The van der Waals surface area contributed by atoms with Crippen LogP contribution in [0.4, 0.5) is 0 Å². The van der Waals surface area contributed by atoms with Gasteiger partial charge in [-0.25, -0.2) is 0 Å². The summed E-state index contributed by atoms with van der Waals surface area (Å²) in [4.78, 5) is 4.15. The average Bonchev–Trinajstić information content (AvgIpc) is 2.67. The Kier molecular flexibility index (Phi) is 2.70. The molecule has 78 valence electrons. The number of hydrogen-bond acceptors (Lipinski definition) is 4. The second-order valence-corrected chi connectivity index (χ2v) is 3.63. The summed E-state index contributed by atoms with van der Waals surface area (Å²) in [6.45, 7) is 1.79. The second-order valence-electron chi connectivity index (χ2n) is 3.23. The van der Waals surface area contributed by atoms with Crippen molar-refractivity contribution in [2.75, 3.05) is 0 Å². The SMILES string of the molecule is CC(N)c1noc(-c2ccccc2Cl)n1. The predicted molar refractivity (Wildman–Crippen MR) is 57.3 cm³/mol. The van der Waals surface area contributed by atoms with Crippen molar-refractivity contribution in [3.63, 3.8) is 0 Å². The first-order valence-corrected chi connectivity index (χ1v) is 4.90. The highest BCUT2D eigenvalue weighted by Gasteiger charge is 2.13. The van der Waals surface area contributed by atoms with Crippen LogP contribution in [0.5, 0.6) is 0 Å². The Hall–Kier alpha value is -1.39. The maximum atomic E-state index is 5.99. The van der Waals surface area contributed by atoms with E-state index >= 15 is 0 Å². The van der Waals surface area contributed by atoms with E-state index in [0.29, 0.717) is 16.7 Å². The lowest BCUT2D eigenvalue weighted by atomic mass is 10.2. The van der Waals surface area contributed by atoms with Crippen molar-refractivity contribution < 1.29 is 4.52 Å². The maximum absolute atomic E-state index is 5.99. The molecule has 0 fully saturated rings. The van der Waals surface area contributed by atoms with Crippen LogP contribution in [0, 0.1) is 0 Å². The number of aromatic nitrogens is 2. The number of halogens is 1. The molecule has 2 rings (SSSR count). The third-order valence-electron chi connectivity index (χ3n) is 1.95. The Balaban J connectivity index is 2.42. The molecule has 0 saturated carbocycles. The normalized spacial score (nSPS) is 12.7. The molecular formula is C10H10ClN3O. The fourth-order valence-corrected chi connectivity index (χ4v) is 1.38. The van der Waals surface area contributed by atoms with Crippen molar-refractivity contribution in [1.82, 2.24) is 10.1 Å². The van der Waals surface area contributed by atoms with Gasteiger partial charge in [0.05, 0.1) is 16.6 Å². The van der Waals surface area contributed by atoms with E-state index in [-0.39, 0.29) is 6.04 Å². The third-order valence-corrected chi connectivity index (χ3v) is 2.28. The molecule has 2 N–H and O–H groups in total. The fourth-order valence-electron chi connectivity index (χ4n) is 1.16. The molecule has 1 unspecified atom stereocenters. The van der Waals surface area contributed by atoms with Crippen molar-refractivity contribution in [2.24, 2.45) is 5.73 Å². The van der Waals surface area contributed by atoms with Crippen LogP contribution in [0.25, 0.3) is 11.5 Å². The molecule has 0 bridgehead atoms. The van der Waals surface area contributed by atoms with Crippen LogP contribution < -0.4 is 5.73 Å². The van der Waals surface area contributed by atoms with Crippen molar-refractivity contribution >= 4 is 11.6 Å². The zero-order chi connectivity index (χ0) is 10.8. The molecule has 1 aromatic carbocycles. The quantitative estimate of drug-likeness (QED) is 0.849. The van der Waals surface area contributed by atoms with Gasteiger partial charge in [0.25, 0.3) is 5.89 Å². The minimum atomic E-state index is -0.245. The van der Waals surface area contributed by atoms with E-state index < -0.39 is 0 Å². The standard InChI is InChI=1S/C10H10ClN3O/c1-6(12)9-13-10(15-14-9)7-4-2-3-5-8(7)11/h2-6H,12H2,1H3. The maximum Gasteiger partial charge on any atom is 0.259 e. The average molecular weight is 224 g/mol. The van der Waals surface area contributed by atoms with E-state index in [4.69, 9.17) is 21.9 Å². The van der Waals surface area contributed by atoms with Gasteiger partial charge in [-0.3, -0.25) is 0 Å². The summed E-state index contributed by atoms with van der Waals surface area (Å²) in [5, 5.41) is 4.34. The first kappa shape index (κ1) is 10.1. The number of benzene rings is 1. The molecule has 4 nitrogen and oxygen atoms in total. The monoisotopic (exact) mass is 223 g/mol. The van der Waals surface area contributed by atoms with Crippen LogP contribution in [0.2, 0.25) is 5.02 Å². The third kappa shape index (κ3) is 2.00. The first-order chi connectivity index (χ1) is 7.18. The Labute approximate surface area is 92.0 Å².